The Morgan fingerprint density at radius 2 is 1.54 bits per heavy atom. The van der Waals surface area contributed by atoms with Crippen molar-refractivity contribution in [3.63, 3.8) is 0 Å². The molecule has 1 heterocycles. The highest BCUT2D eigenvalue weighted by molar-refractivity contribution is 5.31. The van der Waals surface area contributed by atoms with Crippen LogP contribution in [0.4, 0.5) is 0 Å². The fraction of sp³-hybridized carbons (Fsp3) is 0.478. The lowest BCUT2D eigenvalue weighted by molar-refractivity contribution is -0.906. The molecule has 3 heteroatoms. The van der Waals surface area contributed by atoms with E-state index < -0.39 is 6.10 Å². The van der Waals surface area contributed by atoms with E-state index in [1.807, 2.05) is 44.2 Å². The van der Waals surface area contributed by atoms with Crippen LogP contribution in [0.15, 0.2) is 54.6 Å². The number of piperidine rings is 1. The number of likely N-dealkylation sites (tertiary alicyclic amines) is 1. The van der Waals surface area contributed by atoms with Crippen LogP contribution in [0.3, 0.4) is 0 Å². The summed E-state index contributed by atoms with van der Waals surface area (Å²) < 4.78 is 5.73. The molecule has 2 N–H and O–H groups in total. The summed E-state index contributed by atoms with van der Waals surface area (Å²) >= 11 is 0. The second-order valence-electron chi connectivity index (χ2n) is 7.71. The van der Waals surface area contributed by atoms with Gasteiger partial charge in [0.15, 0.2) is 0 Å². The highest BCUT2D eigenvalue weighted by atomic mass is 16.5. The molecule has 1 saturated heterocycles. The lowest BCUT2D eigenvalue weighted by atomic mass is 9.88. The number of aliphatic hydroxyl groups excluding tert-OH is 1. The monoisotopic (exact) mass is 354 g/mol. The molecule has 140 valence electrons. The molecule has 0 amide bonds. The van der Waals surface area contributed by atoms with Crippen LogP contribution in [0.2, 0.25) is 0 Å². The van der Waals surface area contributed by atoms with E-state index in [0.717, 1.165) is 17.9 Å². The Hall–Kier alpha value is -1.84. The number of hydrogen-bond donors (Lipinski definition) is 2. The third kappa shape index (κ3) is 5.09. The average molecular weight is 355 g/mol. The van der Waals surface area contributed by atoms with Crippen LogP contribution in [0, 0.1) is 0 Å². The number of quaternary nitrogens is 1. The Morgan fingerprint density at radius 3 is 2.15 bits per heavy atom. The number of aliphatic hydroxyl groups is 1. The largest absolute Gasteiger partial charge is 0.491 e. The van der Waals surface area contributed by atoms with E-state index in [0.29, 0.717) is 0 Å². The van der Waals surface area contributed by atoms with Crippen LogP contribution >= 0.6 is 0 Å². The van der Waals surface area contributed by atoms with Crippen molar-refractivity contribution in [2.75, 3.05) is 19.6 Å². The van der Waals surface area contributed by atoms with Gasteiger partial charge in [-0.05, 0) is 56.4 Å². The smallest absolute Gasteiger partial charge is 0.119 e. The molecule has 3 nitrogen and oxygen atoms in total. The summed E-state index contributed by atoms with van der Waals surface area (Å²) in [5.41, 5.74) is 2.19. The molecule has 0 bridgehead atoms. The van der Waals surface area contributed by atoms with Crippen LogP contribution in [0.5, 0.6) is 5.75 Å². The minimum atomic E-state index is -0.500. The highest BCUT2D eigenvalue weighted by Gasteiger charge is 2.28. The first-order chi connectivity index (χ1) is 12.6. The van der Waals surface area contributed by atoms with Gasteiger partial charge in [0.1, 0.15) is 5.75 Å². The van der Waals surface area contributed by atoms with Crippen LogP contribution in [0.25, 0.3) is 0 Å². The maximum absolute atomic E-state index is 11.2. The van der Waals surface area contributed by atoms with E-state index in [2.05, 4.69) is 24.3 Å². The summed E-state index contributed by atoms with van der Waals surface area (Å²) in [4.78, 5) is 1.61. The van der Waals surface area contributed by atoms with Gasteiger partial charge in [-0.2, -0.15) is 0 Å². The molecule has 2 atom stereocenters. The van der Waals surface area contributed by atoms with Crippen molar-refractivity contribution >= 4 is 0 Å². The molecule has 0 saturated carbocycles. The van der Waals surface area contributed by atoms with Crippen LogP contribution in [0.1, 0.15) is 56.3 Å². The third-order valence-electron chi connectivity index (χ3n) is 5.27. The quantitative estimate of drug-likeness (QED) is 0.799. The van der Waals surface area contributed by atoms with E-state index in [1.165, 1.54) is 37.9 Å². The molecule has 0 spiro atoms. The van der Waals surface area contributed by atoms with Gasteiger partial charge in [-0.15, -0.1) is 0 Å². The fourth-order valence-electron chi connectivity index (χ4n) is 3.93. The van der Waals surface area contributed by atoms with Crippen molar-refractivity contribution in [2.24, 2.45) is 0 Å². The lowest BCUT2D eigenvalue weighted by Gasteiger charge is -2.30. The molecule has 2 aromatic rings. The molecule has 1 fully saturated rings. The molecule has 0 aromatic heterocycles. The number of rotatable bonds is 7. The van der Waals surface area contributed by atoms with Gasteiger partial charge >= 0.3 is 0 Å². The first-order valence-electron chi connectivity index (χ1n) is 9.96. The minimum Gasteiger partial charge on any atom is -0.491 e. The Kier molecular flexibility index (Phi) is 6.70. The van der Waals surface area contributed by atoms with E-state index in [-0.39, 0.29) is 12.0 Å². The SMILES string of the molecule is CC(C)Oc1ccc([C@H](O)[C@H](C[NH+]2CCCCC2)c2ccccc2)cc1. The summed E-state index contributed by atoms with van der Waals surface area (Å²) in [7, 11) is 0. The van der Waals surface area contributed by atoms with Gasteiger partial charge in [0, 0.05) is 0 Å². The molecule has 0 aliphatic carbocycles. The predicted octanol–water partition coefficient (Wildman–Crippen LogP) is 3.36. The van der Waals surface area contributed by atoms with Crippen molar-refractivity contribution < 1.29 is 14.7 Å². The van der Waals surface area contributed by atoms with Crippen molar-refractivity contribution in [1.29, 1.82) is 0 Å². The van der Waals surface area contributed by atoms with Crippen molar-refractivity contribution in [3.05, 3.63) is 65.7 Å². The first-order valence-corrected chi connectivity index (χ1v) is 9.96. The van der Waals surface area contributed by atoms with E-state index >= 15 is 0 Å². The molecule has 26 heavy (non-hydrogen) atoms. The topological polar surface area (TPSA) is 33.9 Å². The summed E-state index contributed by atoms with van der Waals surface area (Å²) in [6.07, 6.45) is 3.60. The second kappa shape index (κ2) is 9.20. The molecule has 1 aliphatic rings. The molecular formula is C23H32NO2+. The zero-order chi connectivity index (χ0) is 18.4. The molecule has 0 unspecified atom stereocenters. The molecule has 3 rings (SSSR count). The van der Waals surface area contributed by atoms with E-state index in [4.69, 9.17) is 4.74 Å². The maximum Gasteiger partial charge on any atom is 0.119 e. The van der Waals surface area contributed by atoms with Gasteiger partial charge < -0.3 is 14.7 Å². The zero-order valence-corrected chi connectivity index (χ0v) is 16.0. The Balaban J connectivity index is 1.78. The lowest BCUT2D eigenvalue weighted by Crippen LogP contribution is -3.13. The van der Waals surface area contributed by atoms with Gasteiger partial charge in [0.05, 0.1) is 37.8 Å². The van der Waals surface area contributed by atoms with Crippen LogP contribution in [-0.2, 0) is 0 Å². The molecule has 2 aromatic carbocycles. The van der Waals surface area contributed by atoms with E-state index in [9.17, 15) is 5.11 Å². The molecular weight excluding hydrogens is 322 g/mol. The van der Waals surface area contributed by atoms with E-state index in [1.54, 1.807) is 4.90 Å². The van der Waals surface area contributed by atoms with Crippen molar-refractivity contribution in [2.45, 2.75) is 51.2 Å². The summed E-state index contributed by atoms with van der Waals surface area (Å²) in [6.45, 7) is 7.47. The van der Waals surface area contributed by atoms with Crippen LogP contribution < -0.4 is 9.64 Å². The number of nitrogens with one attached hydrogen (secondary N) is 1. The Bertz CT molecular complexity index is 648. The zero-order valence-electron chi connectivity index (χ0n) is 16.0. The van der Waals surface area contributed by atoms with Crippen LogP contribution in [-0.4, -0.2) is 30.8 Å². The average Bonchev–Trinajstić information content (AvgIpc) is 2.67. The third-order valence-corrected chi connectivity index (χ3v) is 5.27. The maximum atomic E-state index is 11.2. The first kappa shape index (κ1) is 18.9. The highest BCUT2D eigenvalue weighted by Crippen LogP contribution is 2.31. The second-order valence-corrected chi connectivity index (χ2v) is 7.71. The predicted molar refractivity (Wildman–Crippen MR) is 106 cm³/mol. The fourth-order valence-corrected chi connectivity index (χ4v) is 3.93. The minimum absolute atomic E-state index is 0.112. The van der Waals surface area contributed by atoms with Gasteiger partial charge in [-0.25, -0.2) is 0 Å². The van der Waals surface area contributed by atoms with Gasteiger partial charge in [-0.3, -0.25) is 0 Å². The Morgan fingerprint density at radius 1 is 0.885 bits per heavy atom. The standard InChI is InChI=1S/C23H31NO2/c1-18(2)26-21-13-11-20(12-14-21)23(25)22(19-9-5-3-6-10-19)17-24-15-7-4-8-16-24/h3,5-6,9-14,18,22-23,25H,4,7-8,15-17H2,1-2H3/p+1/t22-,23+/m1/s1. The summed E-state index contributed by atoms with van der Waals surface area (Å²) in [5, 5.41) is 11.2. The molecule has 0 radical (unpaired) electrons. The number of hydrogen-bond acceptors (Lipinski definition) is 2. The van der Waals surface area contributed by atoms with Gasteiger partial charge in [-0.1, -0.05) is 42.5 Å². The summed E-state index contributed by atoms with van der Waals surface area (Å²) in [5.74, 6) is 0.968. The van der Waals surface area contributed by atoms with Gasteiger partial charge in [0.25, 0.3) is 0 Å². The van der Waals surface area contributed by atoms with Gasteiger partial charge in [0.2, 0.25) is 0 Å². The van der Waals surface area contributed by atoms with Crippen molar-refractivity contribution in [1.82, 2.24) is 0 Å². The number of ether oxygens (including phenoxy) is 1. The Labute approximate surface area is 157 Å². The normalized spacial score (nSPS) is 17.8. The van der Waals surface area contributed by atoms with Crippen molar-refractivity contribution in [3.8, 4) is 5.75 Å². The number of benzene rings is 2. The molecule has 1 aliphatic heterocycles. The summed E-state index contributed by atoms with van der Waals surface area (Å²) in [6, 6.07) is 18.4.